The van der Waals surface area contributed by atoms with Gasteiger partial charge in [0.15, 0.2) is 0 Å². The molecule has 1 aliphatic carbocycles. The number of ether oxygens (including phenoxy) is 1. The second-order valence-electron chi connectivity index (χ2n) is 8.17. The minimum atomic E-state index is -2.65. The molecule has 0 radical (unpaired) electrons. The third-order valence-electron chi connectivity index (χ3n) is 6.49. The highest BCUT2D eigenvalue weighted by atomic mass is 32.1. The Morgan fingerprint density at radius 1 is 1.07 bits per heavy atom. The molecule has 30 heavy (non-hydrogen) atoms. The largest absolute Gasteiger partial charge is 0.379 e. The second-order valence-corrected chi connectivity index (χ2v) is 8.60. The summed E-state index contributed by atoms with van der Waals surface area (Å²) in [5.74, 6) is 0.471. The summed E-state index contributed by atoms with van der Waals surface area (Å²) in [5.41, 5.74) is 3.40. The van der Waals surface area contributed by atoms with E-state index in [1.54, 1.807) is 3.97 Å². The fraction of sp³-hybridized carbons (Fsp3) is 0.524. The van der Waals surface area contributed by atoms with Crippen LogP contribution in [0.4, 0.5) is 8.78 Å². The average molecular weight is 434 g/mol. The van der Waals surface area contributed by atoms with Crippen LogP contribution in [0.2, 0.25) is 0 Å². The van der Waals surface area contributed by atoms with E-state index < -0.39 is 6.55 Å². The lowest BCUT2D eigenvalue weighted by atomic mass is 9.81. The van der Waals surface area contributed by atoms with E-state index in [9.17, 15) is 8.78 Å². The maximum Gasteiger partial charge on any atom is 0.333 e. The second kappa shape index (κ2) is 8.28. The van der Waals surface area contributed by atoms with E-state index in [-0.39, 0.29) is 0 Å². The Morgan fingerprint density at radius 3 is 2.53 bits per heavy atom. The molecule has 160 valence electrons. The summed E-state index contributed by atoms with van der Waals surface area (Å²) in [6.07, 6.45) is 11.2. The standard InChI is InChI=1S/C21H25F2N5OS/c22-21(23)27-12-16(11-25-27)19-13-28(30)20-18(19)9-15(10-24-20)14-1-3-17(4-2-14)26-5-7-29-8-6-26/h9-14,17,21,30H,1-8H2. The Hall–Kier alpha value is -1.97. The lowest BCUT2D eigenvalue weighted by Gasteiger charge is -2.38. The molecule has 6 nitrogen and oxygen atoms in total. The molecule has 2 aliphatic rings. The number of nitrogens with zero attached hydrogens (tertiary/aromatic N) is 5. The number of hydrogen-bond donors (Lipinski definition) is 1. The maximum atomic E-state index is 12.9. The Bertz CT molecular complexity index is 1020. The minimum absolute atomic E-state index is 0.471. The molecule has 1 saturated heterocycles. The summed E-state index contributed by atoms with van der Waals surface area (Å²) in [4.78, 5) is 7.21. The first-order valence-corrected chi connectivity index (χ1v) is 10.8. The molecule has 1 aliphatic heterocycles. The number of hydrogen-bond acceptors (Lipinski definition) is 5. The van der Waals surface area contributed by atoms with Crippen LogP contribution in [0, 0.1) is 0 Å². The molecular formula is C21H25F2N5OS. The zero-order chi connectivity index (χ0) is 20.7. The minimum Gasteiger partial charge on any atom is -0.379 e. The van der Waals surface area contributed by atoms with Crippen molar-refractivity contribution in [3.63, 3.8) is 0 Å². The van der Waals surface area contributed by atoms with Gasteiger partial charge in [0.2, 0.25) is 0 Å². The lowest BCUT2D eigenvalue weighted by Crippen LogP contribution is -2.44. The van der Waals surface area contributed by atoms with Crippen LogP contribution in [-0.4, -0.2) is 56.0 Å². The van der Waals surface area contributed by atoms with Crippen molar-refractivity contribution in [2.24, 2.45) is 0 Å². The van der Waals surface area contributed by atoms with Crippen molar-refractivity contribution in [3.05, 3.63) is 36.4 Å². The Labute approximate surface area is 179 Å². The summed E-state index contributed by atoms with van der Waals surface area (Å²) in [6, 6.07) is 2.81. The summed E-state index contributed by atoms with van der Waals surface area (Å²) >= 11 is 4.46. The van der Waals surface area contributed by atoms with Gasteiger partial charge in [0.1, 0.15) is 5.65 Å². The maximum absolute atomic E-state index is 12.9. The summed E-state index contributed by atoms with van der Waals surface area (Å²) in [7, 11) is 0. The normalized spacial score (nSPS) is 23.5. The number of thiol groups is 1. The molecule has 5 rings (SSSR count). The van der Waals surface area contributed by atoms with E-state index >= 15 is 0 Å². The highest BCUT2D eigenvalue weighted by Crippen LogP contribution is 2.38. The number of aromatic nitrogens is 4. The number of pyridine rings is 1. The van der Waals surface area contributed by atoms with Crippen molar-refractivity contribution in [2.75, 3.05) is 26.3 Å². The fourth-order valence-corrected chi connectivity index (χ4v) is 5.14. The molecule has 0 atom stereocenters. The van der Waals surface area contributed by atoms with Gasteiger partial charge in [-0.15, -0.1) is 0 Å². The van der Waals surface area contributed by atoms with Crippen LogP contribution in [0.5, 0.6) is 0 Å². The molecule has 4 heterocycles. The van der Waals surface area contributed by atoms with Crippen LogP contribution in [-0.2, 0) is 4.74 Å². The Morgan fingerprint density at radius 2 is 1.83 bits per heavy atom. The molecule has 0 N–H and O–H groups in total. The summed E-state index contributed by atoms with van der Waals surface area (Å²) in [5, 5.41) is 4.69. The van der Waals surface area contributed by atoms with Crippen molar-refractivity contribution in [3.8, 4) is 11.1 Å². The molecule has 9 heteroatoms. The van der Waals surface area contributed by atoms with Crippen LogP contribution in [0.3, 0.4) is 0 Å². The highest BCUT2D eigenvalue weighted by Gasteiger charge is 2.28. The van der Waals surface area contributed by atoms with Crippen LogP contribution in [0.15, 0.2) is 30.9 Å². The number of morpholine rings is 1. The summed E-state index contributed by atoms with van der Waals surface area (Å²) < 4.78 is 33.7. The van der Waals surface area contributed by atoms with Gasteiger partial charge in [-0.3, -0.25) is 8.87 Å². The van der Waals surface area contributed by atoms with E-state index in [0.29, 0.717) is 22.2 Å². The molecule has 0 spiro atoms. The fourth-order valence-electron chi connectivity index (χ4n) is 4.86. The predicted octanol–water partition coefficient (Wildman–Crippen LogP) is 4.35. The third-order valence-corrected chi connectivity index (χ3v) is 6.79. The van der Waals surface area contributed by atoms with Gasteiger partial charge < -0.3 is 4.74 Å². The zero-order valence-electron chi connectivity index (χ0n) is 16.6. The van der Waals surface area contributed by atoms with E-state index in [1.807, 2.05) is 12.4 Å². The first-order valence-electron chi connectivity index (χ1n) is 10.4. The van der Waals surface area contributed by atoms with Gasteiger partial charge in [0, 0.05) is 54.2 Å². The molecule has 1 saturated carbocycles. The molecule has 2 fully saturated rings. The molecule has 0 amide bonds. The predicted molar refractivity (Wildman–Crippen MR) is 114 cm³/mol. The molecular weight excluding hydrogens is 408 g/mol. The Balaban J connectivity index is 1.38. The third kappa shape index (κ3) is 3.74. The van der Waals surface area contributed by atoms with E-state index in [0.717, 1.165) is 55.7 Å². The first kappa shape index (κ1) is 20.0. The first-order chi connectivity index (χ1) is 14.6. The van der Waals surface area contributed by atoms with Crippen molar-refractivity contribution < 1.29 is 13.5 Å². The van der Waals surface area contributed by atoms with Crippen LogP contribution in [0.25, 0.3) is 22.2 Å². The molecule has 0 unspecified atom stereocenters. The highest BCUT2D eigenvalue weighted by molar-refractivity contribution is 7.78. The monoisotopic (exact) mass is 433 g/mol. The zero-order valence-corrected chi connectivity index (χ0v) is 17.5. The van der Waals surface area contributed by atoms with Crippen molar-refractivity contribution in [1.82, 2.24) is 23.6 Å². The number of halogens is 2. The van der Waals surface area contributed by atoms with E-state index in [1.165, 1.54) is 30.8 Å². The van der Waals surface area contributed by atoms with Crippen molar-refractivity contribution in [1.29, 1.82) is 0 Å². The lowest BCUT2D eigenvalue weighted by molar-refractivity contribution is 0.00729. The Kier molecular flexibility index (Phi) is 5.51. The molecule has 0 aromatic carbocycles. The van der Waals surface area contributed by atoms with Crippen LogP contribution in [0.1, 0.15) is 43.7 Å². The van der Waals surface area contributed by atoms with E-state index in [4.69, 9.17) is 4.74 Å². The van der Waals surface area contributed by atoms with Crippen LogP contribution >= 0.6 is 12.8 Å². The van der Waals surface area contributed by atoms with Gasteiger partial charge in [-0.25, -0.2) is 9.67 Å². The van der Waals surface area contributed by atoms with E-state index in [2.05, 4.69) is 33.9 Å². The quantitative estimate of drug-likeness (QED) is 0.622. The number of rotatable bonds is 4. The topological polar surface area (TPSA) is 48.1 Å². The number of alkyl halides is 2. The van der Waals surface area contributed by atoms with Gasteiger partial charge in [0.25, 0.3) is 0 Å². The van der Waals surface area contributed by atoms with Gasteiger partial charge in [-0.05, 0) is 43.2 Å². The van der Waals surface area contributed by atoms with Gasteiger partial charge in [-0.2, -0.15) is 13.9 Å². The molecule has 3 aromatic rings. The average Bonchev–Trinajstić information content (AvgIpc) is 3.39. The van der Waals surface area contributed by atoms with Gasteiger partial charge >= 0.3 is 6.55 Å². The smallest absolute Gasteiger partial charge is 0.333 e. The summed E-state index contributed by atoms with van der Waals surface area (Å²) in [6.45, 7) is 1.10. The van der Waals surface area contributed by atoms with Crippen molar-refractivity contribution in [2.45, 2.75) is 44.2 Å². The molecule has 0 bridgehead atoms. The number of fused-ring (bicyclic) bond motifs is 1. The molecule has 3 aromatic heterocycles. The van der Waals surface area contributed by atoms with Crippen molar-refractivity contribution >= 4 is 23.8 Å². The van der Waals surface area contributed by atoms with Crippen LogP contribution < -0.4 is 0 Å². The van der Waals surface area contributed by atoms with Gasteiger partial charge in [-0.1, -0.05) is 12.8 Å². The van der Waals surface area contributed by atoms with Gasteiger partial charge in [0.05, 0.1) is 19.4 Å². The SMILES string of the molecule is FC(F)n1cc(-c2cn(S)c3ncc(C4CCC(N5CCOCC5)CC4)cc23)cn1.